The van der Waals surface area contributed by atoms with Gasteiger partial charge < -0.3 is 15.0 Å². The maximum atomic E-state index is 13.3. The molecule has 0 unspecified atom stereocenters. The lowest BCUT2D eigenvalue weighted by atomic mass is 9.94. The molecule has 0 aliphatic carbocycles. The number of ether oxygens (including phenoxy) is 1. The Hall–Kier alpha value is -3.34. The van der Waals surface area contributed by atoms with E-state index in [0.29, 0.717) is 30.2 Å². The first kappa shape index (κ1) is 20.9. The zero-order chi connectivity index (χ0) is 22.2. The number of amides is 2. The molecule has 3 aromatic carbocycles. The maximum absolute atomic E-state index is 13.3. The quantitative estimate of drug-likeness (QED) is 0.617. The SMILES string of the molecule is CCOc1ccc2ccccc2c1C(=O)Nc1ccc2c(c1)N(C(=O)C(C)(C)C)CC2. The topological polar surface area (TPSA) is 58.6 Å². The first-order valence-corrected chi connectivity index (χ1v) is 10.7. The smallest absolute Gasteiger partial charge is 0.260 e. The van der Waals surface area contributed by atoms with E-state index < -0.39 is 5.41 Å². The number of rotatable bonds is 4. The summed E-state index contributed by atoms with van der Waals surface area (Å²) in [6.07, 6.45) is 0.823. The van der Waals surface area contributed by atoms with Crippen molar-refractivity contribution in [2.45, 2.75) is 34.1 Å². The molecule has 5 nitrogen and oxygen atoms in total. The van der Waals surface area contributed by atoms with Crippen LogP contribution < -0.4 is 15.0 Å². The first-order chi connectivity index (χ1) is 14.8. The van der Waals surface area contributed by atoms with Gasteiger partial charge in [-0.15, -0.1) is 0 Å². The molecule has 0 bridgehead atoms. The molecule has 3 aromatic rings. The molecule has 1 aliphatic rings. The van der Waals surface area contributed by atoms with E-state index in [1.807, 2.05) is 87.2 Å². The van der Waals surface area contributed by atoms with Crippen LogP contribution in [-0.2, 0) is 11.2 Å². The number of nitrogens with one attached hydrogen (secondary N) is 1. The molecular formula is C26H28N2O3. The predicted molar refractivity (Wildman–Crippen MR) is 125 cm³/mol. The third-order valence-electron chi connectivity index (χ3n) is 5.54. The third-order valence-corrected chi connectivity index (χ3v) is 5.54. The van der Waals surface area contributed by atoms with Crippen LogP contribution in [0.25, 0.3) is 10.8 Å². The largest absolute Gasteiger partial charge is 0.493 e. The number of hydrogen-bond acceptors (Lipinski definition) is 3. The number of carbonyl (C=O) groups is 2. The number of fused-ring (bicyclic) bond motifs is 2. The second-order valence-corrected chi connectivity index (χ2v) is 8.85. The first-order valence-electron chi connectivity index (χ1n) is 10.7. The second kappa shape index (κ2) is 8.06. The summed E-state index contributed by atoms with van der Waals surface area (Å²) in [4.78, 5) is 28.0. The Morgan fingerprint density at radius 2 is 1.84 bits per heavy atom. The Bertz CT molecular complexity index is 1160. The molecular weight excluding hydrogens is 388 g/mol. The highest BCUT2D eigenvalue weighted by Crippen LogP contribution is 2.35. The van der Waals surface area contributed by atoms with Gasteiger partial charge in [0.05, 0.1) is 12.2 Å². The number of benzene rings is 3. The van der Waals surface area contributed by atoms with Crippen molar-refractivity contribution in [3.63, 3.8) is 0 Å². The summed E-state index contributed by atoms with van der Waals surface area (Å²) in [6, 6.07) is 17.4. The van der Waals surface area contributed by atoms with Crippen molar-refractivity contribution in [2.24, 2.45) is 5.41 Å². The van der Waals surface area contributed by atoms with Crippen molar-refractivity contribution in [1.29, 1.82) is 0 Å². The molecule has 0 atom stereocenters. The van der Waals surface area contributed by atoms with Gasteiger partial charge in [0.15, 0.2) is 0 Å². The fraction of sp³-hybridized carbons (Fsp3) is 0.308. The average Bonchev–Trinajstić information content (AvgIpc) is 3.15. The third kappa shape index (κ3) is 4.00. The van der Waals surface area contributed by atoms with Gasteiger partial charge in [0.2, 0.25) is 5.91 Å². The summed E-state index contributed by atoms with van der Waals surface area (Å²) < 4.78 is 5.75. The maximum Gasteiger partial charge on any atom is 0.260 e. The standard InChI is InChI=1S/C26H28N2O3/c1-5-31-22-13-11-17-8-6-7-9-20(17)23(22)24(29)27-19-12-10-18-14-15-28(21(18)16-19)25(30)26(2,3)4/h6-13,16H,5,14-15H2,1-4H3,(H,27,29). The number of anilines is 2. The van der Waals surface area contributed by atoms with Crippen molar-refractivity contribution < 1.29 is 14.3 Å². The highest BCUT2D eigenvalue weighted by molar-refractivity contribution is 6.15. The van der Waals surface area contributed by atoms with Crippen LogP contribution in [0.1, 0.15) is 43.6 Å². The van der Waals surface area contributed by atoms with Gasteiger partial charge >= 0.3 is 0 Å². The Balaban J connectivity index is 1.68. The van der Waals surface area contributed by atoms with E-state index in [1.54, 1.807) is 0 Å². The molecule has 0 saturated heterocycles. The van der Waals surface area contributed by atoms with E-state index in [2.05, 4.69) is 5.32 Å². The zero-order valence-electron chi connectivity index (χ0n) is 18.5. The van der Waals surface area contributed by atoms with Gasteiger partial charge in [-0.1, -0.05) is 57.2 Å². The van der Waals surface area contributed by atoms with Gasteiger partial charge in [0.25, 0.3) is 5.91 Å². The van der Waals surface area contributed by atoms with E-state index in [4.69, 9.17) is 4.74 Å². The molecule has 0 radical (unpaired) electrons. The van der Waals surface area contributed by atoms with E-state index >= 15 is 0 Å². The Morgan fingerprint density at radius 1 is 1.06 bits per heavy atom. The Labute approximate surface area is 183 Å². The van der Waals surface area contributed by atoms with Gasteiger partial charge in [-0.05, 0) is 47.9 Å². The van der Waals surface area contributed by atoms with Gasteiger partial charge in [-0.2, -0.15) is 0 Å². The van der Waals surface area contributed by atoms with Gasteiger partial charge in [-0.3, -0.25) is 9.59 Å². The summed E-state index contributed by atoms with van der Waals surface area (Å²) in [6.45, 7) is 8.82. The summed E-state index contributed by atoms with van der Waals surface area (Å²) in [5, 5.41) is 4.84. The Kier molecular flexibility index (Phi) is 5.44. The molecule has 31 heavy (non-hydrogen) atoms. The fourth-order valence-corrected chi connectivity index (χ4v) is 4.03. The minimum absolute atomic E-state index is 0.0856. The van der Waals surface area contributed by atoms with Crippen molar-refractivity contribution >= 4 is 34.0 Å². The predicted octanol–water partition coefficient (Wildman–Crippen LogP) is 5.43. The zero-order valence-corrected chi connectivity index (χ0v) is 18.5. The fourth-order valence-electron chi connectivity index (χ4n) is 4.03. The van der Waals surface area contributed by atoms with Crippen LogP contribution in [-0.4, -0.2) is 25.0 Å². The molecule has 5 heteroatoms. The monoisotopic (exact) mass is 416 g/mol. The molecule has 0 saturated carbocycles. The molecule has 4 rings (SSSR count). The molecule has 1 N–H and O–H groups in total. The lowest BCUT2D eigenvalue weighted by molar-refractivity contribution is -0.125. The highest BCUT2D eigenvalue weighted by atomic mass is 16.5. The van der Waals surface area contributed by atoms with Crippen LogP contribution in [0.5, 0.6) is 5.75 Å². The molecule has 2 amide bonds. The van der Waals surface area contributed by atoms with E-state index in [0.717, 1.165) is 28.4 Å². The molecule has 1 aliphatic heterocycles. The minimum Gasteiger partial charge on any atom is -0.493 e. The minimum atomic E-state index is -0.462. The van der Waals surface area contributed by atoms with Crippen LogP contribution in [0.3, 0.4) is 0 Å². The summed E-state index contributed by atoms with van der Waals surface area (Å²) in [7, 11) is 0. The van der Waals surface area contributed by atoms with E-state index in [-0.39, 0.29) is 11.8 Å². The van der Waals surface area contributed by atoms with Gasteiger partial charge in [0.1, 0.15) is 5.75 Å². The number of carbonyl (C=O) groups excluding carboxylic acids is 2. The van der Waals surface area contributed by atoms with Crippen LogP contribution >= 0.6 is 0 Å². The Morgan fingerprint density at radius 3 is 2.58 bits per heavy atom. The highest BCUT2D eigenvalue weighted by Gasteiger charge is 2.32. The second-order valence-electron chi connectivity index (χ2n) is 8.85. The van der Waals surface area contributed by atoms with Crippen molar-refractivity contribution in [3.8, 4) is 5.75 Å². The molecule has 160 valence electrons. The number of hydrogen-bond donors (Lipinski definition) is 1. The molecule has 0 spiro atoms. The van der Waals surface area contributed by atoms with Crippen LogP contribution in [0.4, 0.5) is 11.4 Å². The van der Waals surface area contributed by atoms with E-state index in [9.17, 15) is 9.59 Å². The molecule has 0 fully saturated rings. The average molecular weight is 417 g/mol. The van der Waals surface area contributed by atoms with Crippen LogP contribution in [0.2, 0.25) is 0 Å². The summed E-state index contributed by atoms with van der Waals surface area (Å²) in [5.74, 6) is 0.415. The molecule has 1 heterocycles. The van der Waals surface area contributed by atoms with E-state index in [1.165, 1.54) is 0 Å². The summed E-state index contributed by atoms with van der Waals surface area (Å²) >= 11 is 0. The molecule has 0 aromatic heterocycles. The van der Waals surface area contributed by atoms with Crippen LogP contribution in [0, 0.1) is 5.41 Å². The van der Waals surface area contributed by atoms with Crippen molar-refractivity contribution in [3.05, 3.63) is 65.7 Å². The number of nitrogens with zero attached hydrogens (tertiary/aromatic N) is 1. The van der Waals surface area contributed by atoms with Gasteiger partial charge in [0, 0.05) is 23.3 Å². The van der Waals surface area contributed by atoms with Crippen molar-refractivity contribution in [1.82, 2.24) is 0 Å². The van der Waals surface area contributed by atoms with Crippen molar-refractivity contribution in [2.75, 3.05) is 23.4 Å². The normalized spacial score (nSPS) is 13.2. The summed E-state index contributed by atoms with van der Waals surface area (Å²) in [5.41, 5.74) is 2.71. The lowest BCUT2D eigenvalue weighted by Crippen LogP contribution is -2.38. The lowest BCUT2D eigenvalue weighted by Gasteiger charge is -2.26. The van der Waals surface area contributed by atoms with Gasteiger partial charge in [-0.25, -0.2) is 0 Å². The van der Waals surface area contributed by atoms with Crippen LogP contribution in [0.15, 0.2) is 54.6 Å².